The van der Waals surface area contributed by atoms with Crippen LogP contribution in [0.15, 0.2) is 35.0 Å². The SMILES string of the molecule is CC(C)[C@H](NC(=O)O)C(=O)N1CCC[C@]1(C(N)=O)c1nc([C@@H]2CC[C@@H](c3csc([C@@]4(C(N)=O)CCCN4C(=O)[C@@H](NC(=O)O)C(C)C)n3)N2c2ccc(C(C)(C)C)cc2)cs1. The molecule has 330 valence electrons. The number of nitrogens with two attached hydrogens (primary N) is 2. The molecule has 17 nitrogen and oxygen atoms in total. The highest BCUT2D eigenvalue weighted by molar-refractivity contribution is 7.10. The number of anilines is 1. The van der Waals surface area contributed by atoms with E-state index in [4.69, 9.17) is 21.4 Å². The average molecular weight is 880 g/mol. The van der Waals surface area contributed by atoms with E-state index in [9.17, 15) is 39.0 Å². The number of aromatic nitrogens is 2. The van der Waals surface area contributed by atoms with E-state index in [1.54, 1.807) is 27.7 Å². The van der Waals surface area contributed by atoms with Gasteiger partial charge in [-0.15, -0.1) is 22.7 Å². The highest BCUT2D eigenvalue weighted by Gasteiger charge is 2.56. The zero-order valence-corrected chi connectivity index (χ0v) is 37.3. The first-order valence-electron chi connectivity index (χ1n) is 20.7. The van der Waals surface area contributed by atoms with Crippen LogP contribution in [-0.4, -0.2) is 91.0 Å². The molecule has 61 heavy (non-hydrogen) atoms. The first-order chi connectivity index (χ1) is 28.6. The third kappa shape index (κ3) is 8.25. The van der Waals surface area contributed by atoms with Gasteiger partial charge in [0, 0.05) is 29.5 Å². The lowest BCUT2D eigenvalue weighted by Crippen LogP contribution is -2.59. The smallest absolute Gasteiger partial charge is 0.405 e. The number of nitrogens with zero attached hydrogens (tertiary/aromatic N) is 5. The van der Waals surface area contributed by atoms with E-state index in [0.717, 1.165) is 11.3 Å². The summed E-state index contributed by atoms with van der Waals surface area (Å²) in [5, 5.41) is 28.2. The van der Waals surface area contributed by atoms with Crippen molar-refractivity contribution in [1.29, 1.82) is 0 Å². The number of benzene rings is 1. The molecule has 6 atom stereocenters. The predicted octanol–water partition coefficient (Wildman–Crippen LogP) is 5.17. The summed E-state index contributed by atoms with van der Waals surface area (Å²) in [4.78, 5) is 93.6. The molecule has 3 aliphatic heterocycles. The van der Waals surface area contributed by atoms with E-state index in [1.165, 1.54) is 32.5 Å². The molecule has 3 fully saturated rings. The molecule has 5 heterocycles. The third-order valence-electron chi connectivity index (χ3n) is 12.4. The van der Waals surface area contributed by atoms with E-state index in [1.807, 2.05) is 10.8 Å². The fourth-order valence-corrected chi connectivity index (χ4v) is 11.4. The zero-order valence-electron chi connectivity index (χ0n) is 35.6. The van der Waals surface area contributed by atoms with Gasteiger partial charge in [-0.05, 0) is 73.5 Å². The summed E-state index contributed by atoms with van der Waals surface area (Å²) in [6, 6.07) is 5.44. The number of thiazole rings is 2. The van der Waals surface area contributed by atoms with Gasteiger partial charge in [0.2, 0.25) is 11.8 Å². The van der Waals surface area contributed by atoms with Crippen LogP contribution in [0, 0.1) is 11.8 Å². The van der Waals surface area contributed by atoms with Crippen molar-refractivity contribution in [2.45, 2.75) is 128 Å². The summed E-state index contributed by atoms with van der Waals surface area (Å²) >= 11 is 2.47. The molecule has 8 N–H and O–H groups in total. The maximum Gasteiger partial charge on any atom is 0.405 e. The Morgan fingerprint density at radius 3 is 1.44 bits per heavy atom. The molecule has 6 amide bonds. The van der Waals surface area contributed by atoms with Gasteiger partial charge in [-0.3, -0.25) is 19.2 Å². The fourth-order valence-electron chi connectivity index (χ4n) is 9.17. The normalized spacial score (nSPS) is 24.0. The van der Waals surface area contributed by atoms with Crippen LogP contribution in [0.5, 0.6) is 0 Å². The second-order valence-corrected chi connectivity index (χ2v) is 19.7. The molecular weight excluding hydrogens is 823 g/mol. The Morgan fingerprint density at radius 2 is 1.11 bits per heavy atom. The molecule has 0 radical (unpaired) electrons. The lowest BCUT2D eigenvalue weighted by Gasteiger charge is -2.37. The number of hydrogen-bond donors (Lipinski definition) is 6. The Kier molecular flexibility index (Phi) is 12.8. The number of primary amides is 2. The Morgan fingerprint density at radius 1 is 0.721 bits per heavy atom. The molecule has 6 rings (SSSR count). The predicted molar refractivity (Wildman–Crippen MR) is 230 cm³/mol. The number of amides is 6. The Labute approximate surface area is 363 Å². The lowest BCUT2D eigenvalue weighted by molar-refractivity contribution is -0.146. The van der Waals surface area contributed by atoms with Gasteiger partial charge in [0.25, 0.3) is 11.8 Å². The van der Waals surface area contributed by atoms with Crippen molar-refractivity contribution in [1.82, 2.24) is 30.4 Å². The molecule has 3 aromatic rings. The molecule has 3 aliphatic rings. The quantitative estimate of drug-likeness (QED) is 0.131. The van der Waals surface area contributed by atoms with Crippen LogP contribution in [0.4, 0.5) is 15.3 Å². The first-order valence-corrected chi connectivity index (χ1v) is 22.4. The number of rotatable bonds is 13. The second-order valence-electron chi connectivity index (χ2n) is 17.9. The van der Waals surface area contributed by atoms with E-state index in [0.29, 0.717) is 47.1 Å². The van der Waals surface area contributed by atoms with Crippen molar-refractivity contribution in [3.05, 3.63) is 62.0 Å². The molecule has 0 bridgehead atoms. The van der Waals surface area contributed by atoms with E-state index >= 15 is 0 Å². The Bertz CT molecular complexity index is 2050. The van der Waals surface area contributed by atoms with Crippen molar-refractivity contribution in [3.63, 3.8) is 0 Å². The van der Waals surface area contributed by atoms with E-state index < -0.39 is 70.8 Å². The molecule has 2 aromatic heterocycles. The summed E-state index contributed by atoms with van der Waals surface area (Å²) in [6.45, 7) is 13.7. The van der Waals surface area contributed by atoms with Gasteiger partial charge >= 0.3 is 12.2 Å². The number of carbonyl (C=O) groups excluding carboxylic acids is 4. The number of carboxylic acid groups (broad SMARTS) is 2. The highest BCUT2D eigenvalue weighted by atomic mass is 32.1. The van der Waals surface area contributed by atoms with E-state index in [2.05, 4.69) is 60.6 Å². The third-order valence-corrected chi connectivity index (χ3v) is 14.4. The molecule has 3 saturated heterocycles. The van der Waals surface area contributed by atoms with Crippen LogP contribution in [0.2, 0.25) is 0 Å². The van der Waals surface area contributed by atoms with Crippen LogP contribution in [0.3, 0.4) is 0 Å². The minimum atomic E-state index is -1.57. The molecule has 0 saturated carbocycles. The summed E-state index contributed by atoms with van der Waals surface area (Å²) in [5.74, 6) is -3.37. The van der Waals surface area contributed by atoms with Gasteiger partial charge in [0.05, 0.1) is 23.5 Å². The van der Waals surface area contributed by atoms with Gasteiger partial charge in [0.1, 0.15) is 22.1 Å². The van der Waals surface area contributed by atoms with Gasteiger partial charge in [-0.2, -0.15) is 0 Å². The van der Waals surface area contributed by atoms with Crippen LogP contribution >= 0.6 is 22.7 Å². The fraction of sp³-hybridized carbons (Fsp3) is 0.571. The molecule has 19 heteroatoms. The number of carbonyl (C=O) groups is 6. The van der Waals surface area contributed by atoms with Gasteiger partial charge in [0.15, 0.2) is 11.1 Å². The minimum absolute atomic E-state index is 0.111. The van der Waals surface area contributed by atoms with Gasteiger partial charge in [-0.25, -0.2) is 19.6 Å². The molecule has 1 aromatic carbocycles. The first kappa shape index (κ1) is 45.2. The molecule has 0 unspecified atom stereocenters. The van der Waals surface area contributed by atoms with Crippen LogP contribution < -0.4 is 27.0 Å². The molecule has 0 aliphatic carbocycles. The average Bonchev–Trinajstić information content (AvgIpc) is 4.03. The van der Waals surface area contributed by atoms with Crippen molar-refractivity contribution < 1.29 is 39.0 Å². The van der Waals surface area contributed by atoms with Crippen LogP contribution in [0.1, 0.15) is 126 Å². The number of likely N-dealkylation sites (tertiary alicyclic amines) is 2. The second kappa shape index (κ2) is 17.2. The number of hydrogen-bond acceptors (Lipinski definition) is 11. The van der Waals surface area contributed by atoms with Crippen LogP contribution in [-0.2, 0) is 35.7 Å². The van der Waals surface area contributed by atoms with Crippen molar-refractivity contribution in [3.8, 4) is 0 Å². The van der Waals surface area contributed by atoms with Gasteiger partial charge < -0.3 is 47.0 Å². The largest absolute Gasteiger partial charge is 0.465 e. The summed E-state index contributed by atoms with van der Waals surface area (Å²) in [5.41, 5.74) is 12.4. The zero-order chi connectivity index (χ0) is 44.8. The minimum Gasteiger partial charge on any atom is -0.465 e. The molecule has 0 spiro atoms. The van der Waals surface area contributed by atoms with Crippen molar-refractivity contribution in [2.24, 2.45) is 23.3 Å². The maximum absolute atomic E-state index is 14.0. The van der Waals surface area contributed by atoms with Crippen LogP contribution in [0.25, 0.3) is 0 Å². The summed E-state index contributed by atoms with van der Waals surface area (Å²) in [6.07, 6.45) is -0.0577. The van der Waals surface area contributed by atoms with Crippen molar-refractivity contribution in [2.75, 3.05) is 18.0 Å². The Hall–Kier alpha value is -5.30. The van der Waals surface area contributed by atoms with E-state index in [-0.39, 0.29) is 43.4 Å². The van der Waals surface area contributed by atoms with Crippen molar-refractivity contribution >= 4 is 64.2 Å². The standard InChI is InChI=1S/C42H57N9O8S2/c1-22(2)30(47-38(56)57)32(52)49-18-8-16-41(49,34(43)54)36-45-26(20-60-36)28-14-15-29(51(28)25-12-10-24(11-13-25)40(5,6)7)27-21-61-37(46-27)42(35(44)55)17-9-19-50(42)33(53)31(23(3)4)48-39(58)59/h10-13,20-23,28-31,47-48H,8-9,14-19H2,1-7H3,(H2,43,54)(H2,44,55)(H,56,57)(H,58,59)/t28-,29-,30-,31-,41-,42-/m0/s1. The Balaban J connectivity index is 1.39. The summed E-state index contributed by atoms with van der Waals surface area (Å²) in [7, 11) is 0. The maximum atomic E-state index is 14.0. The van der Waals surface area contributed by atoms with Gasteiger partial charge in [-0.1, -0.05) is 60.6 Å². The monoisotopic (exact) mass is 879 g/mol. The highest BCUT2D eigenvalue weighted by Crippen LogP contribution is 2.50. The topological polar surface area (TPSA) is 254 Å². The molecular formula is C42H57N9O8S2. The lowest BCUT2D eigenvalue weighted by atomic mass is 9.87. The number of nitrogens with one attached hydrogen (secondary N) is 2. The summed E-state index contributed by atoms with van der Waals surface area (Å²) < 4.78 is 0.